The summed E-state index contributed by atoms with van der Waals surface area (Å²) in [5, 5.41) is 1.74. The van der Waals surface area contributed by atoms with E-state index < -0.39 is 10.0 Å². The molecule has 0 atom stereocenters. The molecule has 0 aliphatic heterocycles. The van der Waals surface area contributed by atoms with E-state index in [1.807, 2.05) is 45.0 Å². The molecule has 0 unspecified atom stereocenters. The van der Waals surface area contributed by atoms with Gasteiger partial charge in [-0.05, 0) is 49.9 Å². The molecule has 0 radical (unpaired) electrons. The fourth-order valence-corrected chi connectivity index (χ4v) is 3.75. The Morgan fingerprint density at radius 3 is 2.33 bits per heavy atom. The smallest absolute Gasteiger partial charge is 0.250 e. The van der Waals surface area contributed by atoms with E-state index in [0.717, 1.165) is 11.3 Å². The first-order chi connectivity index (χ1) is 9.76. The Labute approximate surface area is 129 Å². The molecule has 0 spiro atoms. The average Bonchev–Trinajstić information content (AvgIpc) is 2.91. The van der Waals surface area contributed by atoms with Crippen molar-refractivity contribution < 1.29 is 13.2 Å². The van der Waals surface area contributed by atoms with Crippen LogP contribution in [0.5, 0.6) is 5.75 Å². The third kappa shape index (κ3) is 4.84. The highest BCUT2D eigenvalue weighted by Gasteiger charge is 2.15. The highest BCUT2D eigenvalue weighted by atomic mass is 32.2. The van der Waals surface area contributed by atoms with Crippen LogP contribution in [-0.4, -0.2) is 14.0 Å². The molecule has 0 saturated heterocycles. The molecule has 1 N–H and O–H groups in total. The van der Waals surface area contributed by atoms with Gasteiger partial charge < -0.3 is 4.74 Å². The van der Waals surface area contributed by atoms with Gasteiger partial charge in [-0.15, -0.1) is 11.3 Å². The lowest BCUT2D eigenvalue weighted by molar-refractivity contribution is 0.131. The van der Waals surface area contributed by atoms with Gasteiger partial charge >= 0.3 is 0 Å². The molecule has 21 heavy (non-hydrogen) atoms. The van der Waals surface area contributed by atoms with E-state index in [-0.39, 0.29) is 12.1 Å². The molecule has 0 fully saturated rings. The lowest BCUT2D eigenvalue weighted by Gasteiger charge is -2.21. The largest absolute Gasteiger partial charge is 0.488 e. The molecule has 0 saturated carbocycles. The van der Waals surface area contributed by atoms with Crippen LogP contribution < -0.4 is 9.46 Å². The van der Waals surface area contributed by atoms with Gasteiger partial charge in [-0.3, -0.25) is 0 Å². The molecule has 2 aromatic rings. The zero-order chi connectivity index (χ0) is 15.5. The molecule has 114 valence electrons. The summed E-state index contributed by atoms with van der Waals surface area (Å²) in [5.74, 6) is 0.771. The van der Waals surface area contributed by atoms with E-state index in [4.69, 9.17) is 4.74 Å². The normalized spacial score (nSPS) is 12.3. The summed E-state index contributed by atoms with van der Waals surface area (Å²) < 4.78 is 32.6. The summed E-state index contributed by atoms with van der Waals surface area (Å²) in [7, 11) is -3.42. The molecule has 1 heterocycles. The van der Waals surface area contributed by atoms with Crippen molar-refractivity contribution >= 4 is 21.4 Å². The van der Waals surface area contributed by atoms with Crippen LogP contribution in [-0.2, 0) is 16.6 Å². The third-order valence-corrected chi connectivity index (χ3v) is 5.37. The SMILES string of the molecule is CC(C)(C)Oc1ccc(CNS(=O)(=O)c2cccs2)cc1. The first kappa shape index (κ1) is 16.0. The van der Waals surface area contributed by atoms with Gasteiger partial charge in [-0.25, -0.2) is 13.1 Å². The Balaban J connectivity index is 1.98. The molecule has 4 nitrogen and oxygen atoms in total. The number of nitrogens with one attached hydrogen (secondary N) is 1. The maximum absolute atomic E-state index is 12.0. The van der Waals surface area contributed by atoms with Crippen LogP contribution in [0.1, 0.15) is 26.3 Å². The predicted molar refractivity (Wildman–Crippen MR) is 85.2 cm³/mol. The number of ether oxygens (including phenoxy) is 1. The second kappa shape index (κ2) is 6.17. The minimum atomic E-state index is -3.42. The maximum Gasteiger partial charge on any atom is 0.250 e. The lowest BCUT2D eigenvalue weighted by Crippen LogP contribution is -2.23. The Morgan fingerprint density at radius 2 is 1.81 bits per heavy atom. The van der Waals surface area contributed by atoms with Crippen LogP contribution in [0, 0.1) is 0 Å². The van der Waals surface area contributed by atoms with Crippen molar-refractivity contribution in [2.24, 2.45) is 0 Å². The van der Waals surface area contributed by atoms with Crippen LogP contribution in [0.3, 0.4) is 0 Å². The highest BCUT2D eigenvalue weighted by molar-refractivity contribution is 7.91. The van der Waals surface area contributed by atoms with Crippen molar-refractivity contribution in [1.29, 1.82) is 0 Å². The number of hydrogen-bond acceptors (Lipinski definition) is 4. The van der Waals surface area contributed by atoms with E-state index in [0.29, 0.717) is 4.21 Å². The molecule has 0 amide bonds. The van der Waals surface area contributed by atoms with Crippen LogP contribution in [0.2, 0.25) is 0 Å². The van der Waals surface area contributed by atoms with Crippen molar-refractivity contribution in [2.75, 3.05) is 0 Å². The first-order valence-electron chi connectivity index (χ1n) is 6.57. The monoisotopic (exact) mass is 325 g/mol. The topological polar surface area (TPSA) is 55.4 Å². The molecule has 1 aromatic carbocycles. The predicted octanol–water partition coefficient (Wildman–Crippen LogP) is 3.40. The summed E-state index contributed by atoms with van der Waals surface area (Å²) in [4.78, 5) is 0. The average molecular weight is 325 g/mol. The summed E-state index contributed by atoms with van der Waals surface area (Å²) >= 11 is 1.20. The second-order valence-corrected chi connectivity index (χ2v) is 8.56. The summed E-state index contributed by atoms with van der Waals surface area (Å²) in [6.45, 7) is 6.21. The Morgan fingerprint density at radius 1 is 1.14 bits per heavy atom. The number of hydrogen-bond donors (Lipinski definition) is 1. The maximum atomic E-state index is 12.0. The van der Waals surface area contributed by atoms with Crippen molar-refractivity contribution in [3.8, 4) is 5.75 Å². The lowest BCUT2D eigenvalue weighted by atomic mass is 10.2. The van der Waals surface area contributed by atoms with E-state index in [1.165, 1.54) is 11.3 Å². The van der Waals surface area contributed by atoms with Crippen molar-refractivity contribution in [2.45, 2.75) is 37.1 Å². The van der Waals surface area contributed by atoms with Crippen LogP contribution in [0.15, 0.2) is 46.0 Å². The van der Waals surface area contributed by atoms with Gasteiger partial charge in [0.15, 0.2) is 0 Å². The van der Waals surface area contributed by atoms with Crippen LogP contribution >= 0.6 is 11.3 Å². The quantitative estimate of drug-likeness (QED) is 0.916. The zero-order valence-electron chi connectivity index (χ0n) is 12.3. The third-order valence-electron chi connectivity index (χ3n) is 2.57. The zero-order valence-corrected chi connectivity index (χ0v) is 13.9. The minimum absolute atomic E-state index is 0.248. The van der Waals surface area contributed by atoms with E-state index in [9.17, 15) is 8.42 Å². The van der Waals surface area contributed by atoms with E-state index >= 15 is 0 Å². The van der Waals surface area contributed by atoms with Gasteiger partial charge in [0, 0.05) is 6.54 Å². The molecule has 0 bridgehead atoms. The fraction of sp³-hybridized carbons (Fsp3) is 0.333. The summed E-state index contributed by atoms with van der Waals surface area (Å²) in [6, 6.07) is 10.7. The Bertz CT molecular complexity index is 669. The van der Waals surface area contributed by atoms with Gasteiger partial charge in [-0.1, -0.05) is 18.2 Å². The van der Waals surface area contributed by atoms with Crippen LogP contribution in [0.4, 0.5) is 0 Å². The van der Waals surface area contributed by atoms with Crippen molar-refractivity contribution in [3.63, 3.8) is 0 Å². The van der Waals surface area contributed by atoms with Gasteiger partial charge in [0.1, 0.15) is 15.6 Å². The van der Waals surface area contributed by atoms with Crippen molar-refractivity contribution in [3.05, 3.63) is 47.3 Å². The Hall–Kier alpha value is -1.37. The number of benzene rings is 1. The van der Waals surface area contributed by atoms with E-state index in [1.54, 1.807) is 17.5 Å². The van der Waals surface area contributed by atoms with Gasteiger partial charge in [0.25, 0.3) is 0 Å². The molecule has 2 rings (SSSR count). The summed E-state index contributed by atoms with van der Waals surface area (Å²) in [6.07, 6.45) is 0. The van der Waals surface area contributed by atoms with Gasteiger partial charge in [0.2, 0.25) is 10.0 Å². The fourth-order valence-electron chi connectivity index (χ4n) is 1.69. The Kier molecular flexibility index (Phi) is 4.70. The molecule has 1 aromatic heterocycles. The number of thiophene rings is 1. The van der Waals surface area contributed by atoms with E-state index in [2.05, 4.69) is 4.72 Å². The summed E-state index contributed by atoms with van der Waals surface area (Å²) in [5.41, 5.74) is 0.638. The number of rotatable bonds is 5. The molecule has 6 heteroatoms. The first-order valence-corrected chi connectivity index (χ1v) is 8.94. The standard InChI is InChI=1S/C15H19NO3S2/c1-15(2,3)19-13-8-6-12(7-9-13)11-16-21(17,18)14-5-4-10-20-14/h4-10,16H,11H2,1-3H3. The molecule has 0 aliphatic carbocycles. The molecular weight excluding hydrogens is 306 g/mol. The van der Waals surface area contributed by atoms with Crippen LogP contribution in [0.25, 0.3) is 0 Å². The molecular formula is C15H19NO3S2. The number of sulfonamides is 1. The second-order valence-electron chi connectivity index (χ2n) is 5.62. The van der Waals surface area contributed by atoms with Gasteiger partial charge in [0.05, 0.1) is 0 Å². The highest BCUT2D eigenvalue weighted by Crippen LogP contribution is 2.19. The van der Waals surface area contributed by atoms with Crippen molar-refractivity contribution in [1.82, 2.24) is 4.72 Å². The van der Waals surface area contributed by atoms with Gasteiger partial charge in [-0.2, -0.15) is 0 Å². The molecule has 0 aliphatic rings. The minimum Gasteiger partial charge on any atom is -0.488 e.